The number of sulfonamides is 1. The topological polar surface area (TPSA) is 110 Å². The number of aromatic nitrogens is 2. The first-order valence-corrected chi connectivity index (χ1v) is 12.7. The Hall–Kier alpha value is -3.92. The van der Waals surface area contributed by atoms with E-state index in [1.54, 1.807) is 48.2 Å². The quantitative estimate of drug-likeness (QED) is 0.317. The number of benzene rings is 2. The maximum atomic E-state index is 13.2. The van der Waals surface area contributed by atoms with Gasteiger partial charge in [0, 0.05) is 18.7 Å². The first-order chi connectivity index (χ1) is 16.9. The van der Waals surface area contributed by atoms with Crippen LogP contribution in [0.2, 0.25) is 0 Å². The van der Waals surface area contributed by atoms with Gasteiger partial charge in [0.25, 0.3) is 21.8 Å². The number of carbonyl (C=O) groups is 1. The van der Waals surface area contributed by atoms with E-state index in [0.717, 1.165) is 6.42 Å². The lowest BCUT2D eigenvalue weighted by atomic mass is 10.2. The van der Waals surface area contributed by atoms with E-state index in [1.165, 1.54) is 34.8 Å². The number of para-hydroxylation sites is 1. The van der Waals surface area contributed by atoms with E-state index in [9.17, 15) is 13.2 Å². The van der Waals surface area contributed by atoms with Crippen molar-refractivity contribution >= 4 is 21.6 Å². The Morgan fingerprint density at radius 1 is 0.943 bits per heavy atom. The van der Waals surface area contributed by atoms with Gasteiger partial charge in [-0.1, -0.05) is 25.1 Å². The van der Waals surface area contributed by atoms with Gasteiger partial charge in [0.2, 0.25) is 5.89 Å². The molecule has 0 aliphatic heterocycles. The number of furan rings is 1. The van der Waals surface area contributed by atoms with Gasteiger partial charge < -0.3 is 13.7 Å². The summed E-state index contributed by atoms with van der Waals surface area (Å²) in [5, 5.41) is 7.99. The van der Waals surface area contributed by atoms with Crippen molar-refractivity contribution in [2.24, 2.45) is 0 Å². The third-order valence-electron chi connectivity index (χ3n) is 5.33. The second-order valence-corrected chi connectivity index (χ2v) is 9.60. The maximum absolute atomic E-state index is 13.2. The van der Waals surface area contributed by atoms with Crippen LogP contribution in [0.1, 0.15) is 36.5 Å². The minimum Gasteiger partial charge on any atom is -0.459 e. The van der Waals surface area contributed by atoms with Crippen LogP contribution in [0, 0.1) is 0 Å². The van der Waals surface area contributed by atoms with Gasteiger partial charge in [0.05, 0.1) is 23.4 Å². The zero-order valence-electron chi connectivity index (χ0n) is 19.5. The van der Waals surface area contributed by atoms with Gasteiger partial charge in [-0.2, -0.15) is 0 Å². The van der Waals surface area contributed by atoms with Crippen LogP contribution in [0.5, 0.6) is 0 Å². The molecule has 0 N–H and O–H groups in total. The Morgan fingerprint density at radius 2 is 1.69 bits per heavy atom. The molecular weight excluding hydrogens is 468 g/mol. The number of nitrogens with zero attached hydrogens (tertiary/aromatic N) is 4. The highest BCUT2D eigenvalue weighted by molar-refractivity contribution is 7.92. The van der Waals surface area contributed by atoms with Crippen LogP contribution < -0.4 is 4.31 Å². The zero-order valence-corrected chi connectivity index (χ0v) is 20.3. The van der Waals surface area contributed by atoms with E-state index in [-0.39, 0.29) is 35.7 Å². The minimum absolute atomic E-state index is 0.113. The van der Waals surface area contributed by atoms with Crippen molar-refractivity contribution in [2.45, 2.75) is 31.7 Å². The van der Waals surface area contributed by atoms with Crippen molar-refractivity contribution < 1.29 is 22.0 Å². The molecule has 182 valence electrons. The van der Waals surface area contributed by atoms with Crippen LogP contribution in [0.3, 0.4) is 0 Å². The summed E-state index contributed by atoms with van der Waals surface area (Å²) < 4.78 is 38.7. The summed E-state index contributed by atoms with van der Waals surface area (Å²) >= 11 is 0. The Labute approximate surface area is 204 Å². The summed E-state index contributed by atoms with van der Waals surface area (Å²) in [7, 11) is -3.78. The molecule has 0 radical (unpaired) electrons. The molecule has 35 heavy (non-hydrogen) atoms. The second-order valence-electron chi connectivity index (χ2n) is 7.73. The van der Waals surface area contributed by atoms with E-state index < -0.39 is 10.0 Å². The van der Waals surface area contributed by atoms with E-state index in [4.69, 9.17) is 8.83 Å². The number of hydrogen-bond donors (Lipinski definition) is 0. The molecule has 2 aromatic heterocycles. The van der Waals surface area contributed by atoms with Crippen molar-refractivity contribution in [3.63, 3.8) is 0 Å². The first-order valence-electron chi connectivity index (χ1n) is 11.3. The highest BCUT2D eigenvalue weighted by Gasteiger charge is 2.25. The Balaban J connectivity index is 1.52. The number of carbonyl (C=O) groups excluding carboxylic acids is 1. The Morgan fingerprint density at radius 3 is 2.31 bits per heavy atom. The second kappa shape index (κ2) is 10.6. The summed E-state index contributed by atoms with van der Waals surface area (Å²) in [6.45, 7) is 4.61. The van der Waals surface area contributed by atoms with Gasteiger partial charge in [0.1, 0.15) is 0 Å². The summed E-state index contributed by atoms with van der Waals surface area (Å²) in [6, 6.07) is 18.3. The smallest absolute Gasteiger partial charge is 0.283 e. The van der Waals surface area contributed by atoms with Gasteiger partial charge in [-0.3, -0.25) is 9.10 Å². The third-order valence-corrected chi connectivity index (χ3v) is 7.24. The van der Waals surface area contributed by atoms with E-state index >= 15 is 0 Å². The highest BCUT2D eigenvalue weighted by atomic mass is 32.2. The Kier molecular flexibility index (Phi) is 7.31. The van der Waals surface area contributed by atoms with Gasteiger partial charge in [0.15, 0.2) is 5.76 Å². The lowest BCUT2D eigenvalue weighted by molar-refractivity contribution is 0.0728. The Bertz CT molecular complexity index is 1350. The van der Waals surface area contributed by atoms with Gasteiger partial charge in [-0.25, -0.2) is 8.42 Å². The predicted octanol–water partition coefficient (Wildman–Crippen LogP) is 4.60. The average molecular weight is 495 g/mol. The molecule has 0 fully saturated rings. The van der Waals surface area contributed by atoms with Gasteiger partial charge in [-0.15, -0.1) is 10.2 Å². The van der Waals surface area contributed by atoms with Crippen LogP contribution in [0.15, 0.2) is 86.7 Å². The molecule has 0 unspecified atom stereocenters. The van der Waals surface area contributed by atoms with Crippen molar-refractivity contribution in [3.05, 3.63) is 84.4 Å². The number of anilines is 1. The molecule has 0 bridgehead atoms. The largest absolute Gasteiger partial charge is 0.459 e. The normalized spacial score (nSPS) is 11.4. The van der Waals surface area contributed by atoms with E-state index in [1.807, 2.05) is 13.0 Å². The summed E-state index contributed by atoms with van der Waals surface area (Å²) in [6.07, 6.45) is 2.23. The van der Waals surface area contributed by atoms with Crippen LogP contribution >= 0.6 is 0 Å². The van der Waals surface area contributed by atoms with Crippen LogP contribution in [0.25, 0.3) is 11.7 Å². The number of rotatable bonds is 10. The van der Waals surface area contributed by atoms with Crippen molar-refractivity contribution in [1.29, 1.82) is 0 Å². The molecule has 4 aromatic rings. The molecule has 4 rings (SSSR count). The predicted molar refractivity (Wildman–Crippen MR) is 130 cm³/mol. The minimum atomic E-state index is -3.78. The van der Waals surface area contributed by atoms with Gasteiger partial charge in [-0.05, 0) is 61.9 Å². The molecule has 0 atom stereocenters. The SMILES string of the molecule is CCCN(Cc1nnc(-c2ccco2)o1)C(=O)c1ccc(S(=O)(=O)N(CC)c2ccccc2)cc1. The van der Waals surface area contributed by atoms with E-state index in [2.05, 4.69) is 10.2 Å². The van der Waals surface area contributed by atoms with Crippen LogP contribution in [-0.2, 0) is 16.6 Å². The molecule has 0 spiro atoms. The van der Waals surface area contributed by atoms with Crippen LogP contribution in [-0.4, -0.2) is 42.5 Å². The molecule has 0 aliphatic carbocycles. The van der Waals surface area contributed by atoms with Crippen LogP contribution in [0.4, 0.5) is 5.69 Å². The molecule has 10 heteroatoms. The fourth-order valence-corrected chi connectivity index (χ4v) is 5.14. The number of amides is 1. The summed E-state index contributed by atoms with van der Waals surface area (Å²) in [4.78, 5) is 14.9. The molecule has 1 amide bonds. The van der Waals surface area contributed by atoms with Gasteiger partial charge >= 0.3 is 0 Å². The molecule has 0 saturated carbocycles. The lowest BCUT2D eigenvalue weighted by Gasteiger charge is -2.23. The fourth-order valence-electron chi connectivity index (χ4n) is 3.67. The standard InChI is InChI=1S/C25H26N4O5S/c1-3-16-28(18-23-26-27-24(34-23)22-11-8-17-33-22)25(30)19-12-14-21(15-13-19)35(31,32)29(4-2)20-9-6-5-7-10-20/h5-15,17H,3-4,16,18H2,1-2H3. The molecular formula is C25H26N4O5S. The van der Waals surface area contributed by atoms with E-state index in [0.29, 0.717) is 23.6 Å². The monoisotopic (exact) mass is 494 g/mol. The first kappa shape index (κ1) is 24.2. The van der Waals surface area contributed by atoms with Crippen molar-refractivity contribution in [1.82, 2.24) is 15.1 Å². The molecule has 0 aliphatic rings. The lowest BCUT2D eigenvalue weighted by Crippen LogP contribution is -2.32. The fraction of sp³-hybridized carbons (Fsp3) is 0.240. The van der Waals surface area contributed by atoms with Crippen molar-refractivity contribution in [3.8, 4) is 11.7 Å². The molecule has 2 heterocycles. The summed E-state index contributed by atoms with van der Waals surface area (Å²) in [5.41, 5.74) is 0.948. The highest BCUT2D eigenvalue weighted by Crippen LogP contribution is 2.24. The zero-order chi connectivity index (χ0) is 24.8. The third kappa shape index (κ3) is 5.27. The number of hydrogen-bond acceptors (Lipinski definition) is 7. The molecule has 2 aromatic carbocycles. The average Bonchev–Trinajstić information content (AvgIpc) is 3.57. The summed E-state index contributed by atoms with van der Waals surface area (Å²) in [5.74, 6) is 0.704. The molecule has 9 nitrogen and oxygen atoms in total. The maximum Gasteiger partial charge on any atom is 0.283 e. The van der Waals surface area contributed by atoms with Crippen molar-refractivity contribution in [2.75, 3.05) is 17.4 Å². The molecule has 0 saturated heterocycles.